The third-order valence-electron chi connectivity index (χ3n) is 9.09. The van der Waals surface area contributed by atoms with Crippen molar-refractivity contribution >= 4 is 65.9 Å². The smallest absolute Gasteiger partial charge is 0.245 e. The van der Waals surface area contributed by atoms with Crippen LogP contribution < -0.4 is 10.5 Å². The Balaban J connectivity index is 1.17. The van der Waals surface area contributed by atoms with E-state index in [0.717, 1.165) is 16.6 Å². The molecule has 2 aliphatic heterocycles. The summed E-state index contributed by atoms with van der Waals surface area (Å²) in [5, 5.41) is 8.58. The third-order valence-corrected chi connectivity index (χ3v) is 13.9. The second kappa shape index (κ2) is 14.1. The summed E-state index contributed by atoms with van der Waals surface area (Å²) >= 11 is 13.3. The van der Waals surface area contributed by atoms with Crippen molar-refractivity contribution in [1.29, 1.82) is 5.41 Å². The molecule has 1 atom stereocenters. The fourth-order valence-corrected chi connectivity index (χ4v) is 10.4. The molecule has 4 aromatic rings. The molecule has 2 saturated heterocycles. The molecule has 50 heavy (non-hydrogen) atoms. The van der Waals surface area contributed by atoms with Crippen LogP contribution in [-0.2, 0) is 31.4 Å². The molecule has 1 amide bonds. The van der Waals surface area contributed by atoms with Gasteiger partial charge in [-0.2, -0.15) is 8.61 Å². The maximum Gasteiger partial charge on any atom is 0.245 e. The van der Waals surface area contributed by atoms with Gasteiger partial charge in [-0.05, 0) is 80.8 Å². The van der Waals surface area contributed by atoms with Crippen LogP contribution in [0.25, 0.3) is 10.9 Å². The summed E-state index contributed by atoms with van der Waals surface area (Å²) in [6, 6.07) is 15.1. The number of nitrogens with zero attached hydrogens (tertiary/aromatic N) is 4. The van der Waals surface area contributed by atoms with Gasteiger partial charge in [0.1, 0.15) is 34.6 Å². The Morgan fingerprint density at radius 3 is 2.34 bits per heavy atom. The lowest BCUT2D eigenvalue weighted by Crippen LogP contribution is -2.55. The van der Waals surface area contributed by atoms with Gasteiger partial charge in [0.15, 0.2) is 0 Å². The van der Waals surface area contributed by atoms with Gasteiger partial charge < -0.3 is 15.4 Å². The molecule has 16 heteroatoms. The number of carbonyl (C=O) groups excluding carboxylic acids is 1. The molecule has 0 bridgehead atoms. The molecule has 12 nitrogen and oxygen atoms in total. The predicted molar refractivity (Wildman–Crippen MR) is 192 cm³/mol. The van der Waals surface area contributed by atoms with Crippen LogP contribution in [0.4, 0.5) is 0 Å². The molecule has 3 N–H and O–H groups in total. The van der Waals surface area contributed by atoms with Gasteiger partial charge in [0.05, 0.1) is 9.92 Å². The molecule has 1 aromatic heterocycles. The van der Waals surface area contributed by atoms with E-state index in [4.69, 9.17) is 39.1 Å². The first-order valence-electron chi connectivity index (χ1n) is 15.9. The fraction of sp³-hybridized carbons (Fsp3) is 0.324. The number of amides is 1. The summed E-state index contributed by atoms with van der Waals surface area (Å²) in [5.74, 6) is -0.0630. The van der Waals surface area contributed by atoms with Crippen LogP contribution in [-0.4, -0.2) is 85.8 Å². The van der Waals surface area contributed by atoms with Crippen LogP contribution in [0, 0.1) is 19.3 Å². The zero-order valence-electron chi connectivity index (χ0n) is 27.4. The van der Waals surface area contributed by atoms with Gasteiger partial charge in [0.25, 0.3) is 0 Å². The average molecular weight is 760 g/mol. The number of pyridine rings is 1. The standard InChI is InChI=1S/C34H36Cl2N6O6S2/c1-21-19-22(2)39-32-25(21)5-3-7-29(32)48-20-26-27(35)12-13-30(31(26)36)50(46,47)42-14-4-6-28(42)34(43)40-15-17-41(18-16-40)49(44,45)24-10-8-23(9-11-24)33(37)38/h3,5,7-13,19,28H,4,6,14-18,20H2,1-2H3,(H3,37,38)/t28-/m0/s1. The number of carbonyl (C=O) groups is 1. The highest BCUT2D eigenvalue weighted by atomic mass is 35.5. The molecule has 2 aliphatic rings. The van der Waals surface area contributed by atoms with Crippen LogP contribution >= 0.6 is 23.2 Å². The monoisotopic (exact) mass is 758 g/mol. The van der Waals surface area contributed by atoms with Gasteiger partial charge >= 0.3 is 0 Å². The molecular formula is C34H36Cl2N6O6S2. The molecule has 6 rings (SSSR count). The van der Waals surface area contributed by atoms with Crippen molar-refractivity contribution in [2.24, 2.45) is 5.73 Å². The number of fused-ring (bicyclic) bond motifs is 1. The molecular weight excluding hydrogens is 723 g/mol. The van der Waals surface area contributed by atoms with E-state index in [1.807, 2.05) is 32.0 Å². The van der Waals surface area contributed by atoms with Crippen LogP contribution in [0.15, 0.2) is 70.5 Å². The number of nitrogen functional groups attached to an aromatic ring is 1. The number of halogens is 2. The Bertz CT molecular complexity index is 2210. The molecule has 264 valence electrons. The Labute approximate surface area is 301 Å². The van der Waals surface area contributed by atoms with Gasteiger partial charge in [-0.1, -0.05) is 35.3 Å². The van der Waals surface area contributed by atoms with E-state index in [9.17, 15) is 21.6 Å². The molecule has 0 spiro atoms. The largest absolute Gasteiger partial charge is 0.487 e. The summed E-state index contributed by atoms with van der Waals surface area (Å²) < 4.78 is 63.3. The Morgan fingerprint density at radius 2 is 1.66 bits per heavy atom. The van der Waals surface area contributed by atoms with Gasteiger partial charge in [-0.15, -0.1) is 0 Å². The summed E-state index contributed by atoms with van der Waals surface area (Å²) in [5.41, 5.74) is 8.71. The minimum atomic E-state index is -4.25. The van der Waals surface area contributed by atoms with Crippen molar-refractivity contribution < 1.29 is 26.4 Å². The molecule has 0 unspecified atom stereocenters. The second-order valence-corrected chi connectivity index (χ2v) is 16.9. The lowest BCUT2D eigenvalue weighted by Gasteiger charge is -2.36. The summed E-state index contributed by atoms with van der Waals surface area (Å²) in [7, 11) is -8.11. The highest BCUT2D eigenvalue weighted by Gasteiger charge is 2.43. The van der Waals surface area contributed by atoms with Crippen LogP contribution in [0.3, 0.4) is 0 Å². The lowest BCUT2D eigenvalue weighted by atomic mass is 10.1. The number of amidine groups is 1. The maximum absolute atomic E-state index is 14.1. The number of nitrogens with two attached hydrogens (primary N) is 1. The highest BCUT2D eigenvalue weighted by molar-refractivity contribution is 7.89. The number of rotatable bonds is 9. The molecule has 0 radical (unpaired) electrons. The fourth-order valence-electron chi connectivity index (χ4n) is 6.45. The van der Waals surface area contributed by atoms with Crippen molar-refractivity contribution in [3.63, 3.8) is 0 Å². The third kappa shape index (κ3) is 6.80. The van der Waals surface area contributed by atoms with Gasteiger partial charge in [-0.3, -0.25) is 10.2 Å². The summed E-state index contributed by atoms with van der Waals surface area (Å²) in [6.07, 6.45) is 0.779. The van der Waals surface area contributed by atoms with Gasteiger partial charge in [-0.25, -0.2) is 21.8 Å². The summed E-state index contributed by atoms with van der Waals surface area (Å²) in [4.78, 5) is 19.8. The van der Waals surface area contributed by atoms with E-state index < -0.39 is 32.0 Å². The average Bonchev–Trinajstić information content (AvgIpc) is 3.59. The van der Waals surface area contributed by atoms with E-state index in [1.54, 1.807) is 6.07 Å². The van der Waals surface area contributed by atoms with E-state index in [0.29, 0.717) is 29.7 Å². The van der Waals surface area contributed by atoms with Crippen molar-refractivity contribution in [3.8, 4) is 5.75 Å². The van der Waals surface area contributed by atoms with E-state index in [-0.39, 0.29) is 70.6 Å². The van der Waals surface area contributed by atoms with Crippen LogP contribution in [0.2, 0.25) is 10.0 Å². The number of piperazine rings is 1. The second-order valence-electron chi connectivity index (χ2n) is 12.3. The molecule has 3 heterocycles. The molecule has 0 aliphatic carbocycles. The number of benzene rings is 3. The zero-order valence-corrected chi connectivity index (χ0v) is 30.5. The number of aryl methyl sites for hydroxylation is 2. The van der Waals surface area contributed by atoms with E-state index in [1.165, 1.54) is 49.9 Å². The van der Waals surface area contributed by atoms with Gasteiger partial charge in [0, 0.05) is 60.0 Å². The quantitative estimate of drug-likeness (QED) is 0.183. The first-order valence-corrected chi connectivity index (χ1v) is 19.6. The Hall–Kier alpha value is -3.79. The minimum Gasteiger partial charge on any atom is -0.487 e. The number of nitrogens with one attached hydrogen (secondary N) is 1. The van der Waals surface area contributed by atoms with Crippen LogP contribution in [0.1, 0.15) is 35.2 Å². The molecule has 3 aromatic carbocycles. The number of ether oxygens (including phenoxy) is 1. The topological polar surface area (TPSA) is 167 Å². The highest BCUT2D eigenvalue weighted by Crippen LogP contribution is 2.37. The first kappa shape index (κ1) is 36.0. The van der Waals surface area contributed by atoms with E-state index >= 15 is 0 Å². The number of hydrogen-bond acceptors (Lipinski definition) is 8. The van der Waals surface area contributed by atoms with Crippen molar-refractivity contribution in [2.75, 3.05) is 32.7 Å². The number of aromatic nitrogens is 1. The zero-order chi connectivity index (χ0) is 36.0. The predicted octanol–water partition coefficient (Wildman–Crippen LogP) is 4.71. The van der Waals surface area contributed by atoms with Crippen molar-refractivity contribution in [3.05, 3.63) is 93.1 Å². The van der Waals surface area contributed by atoms with Crippen molar-refractivity contribution in [2.45, 2.75) is 49.1 Å². The molecule has 2 fully saturated rings. The number of sulfonamides is 2. The van der Waals surface area contributed by atoms with Crippen molar-refractivity contribution in [1.82, 2.24) is 18.5 Å². The summed E-state index contributed by atoms with van der Waals surface area (Å²) in [6.45, 7) is 4.16. The minimum absolute atomic E-state index is 0.0414. The lowest BCUT2D eigenvalue weighted by molar-refractivity contribution is -0.135. The Morgan fingerprint density at radius 1 is 0.960 bits per heavy atom. The first-order chi connectivity index (χ1) is 23.7. The van der Waals surface area contributed by atoms with Crippen LogP contribution in [0.5, 0.6) is 5.75 Å². The van der Waals surface area contributed by atoms with Gasteiger partial charge in [0.2, 0.25) is 26.0 Å². The maximum atomic E-state index is 14.1. The number of hydrogen-bond donors (Lipinski definition) is 2. The Kier molecular flexibility index (Phi) is 10.1. The van der Waals surface area contributed by atoms with E-state index in [2.05, 4.69) is 4.98 Å². The number of para-hydroxylation sites is 1. The molecule has 0 saturated carbocycles. The normalized spacial score (nSPS) is 17.7. The SMILES string of the molecule is Cc1cc(C)c2cccc(OCc3c(Cl)ccc(S(=O)(=O)N4CCC[C@H]4C(=O)N4CCN(S(=O)(=O)c5ccc(C(=N)N)cc5)CC4)c3Cl)c2n1.